The number of hydrogen-bond acceptors (Lipinski definition) is 6. The summed E-state index contributed by atoms with van der Waals surface area (Å²) in [6.07, 6.45) is 46.7. The van der Waals surface area contributed by atoms with Gasteiger partial charge in [-0.25, -0.2) is 0 Å². The van der Waals surface area contributed by atoms with Crippen LogP contribution in [0.3, 0.4) is 0 Å². The number of ether oxygens (including phenoxy) is 3. The number of hydrogen-bond donors (Lipinski definition) is 0. The molecule has 0 aliphatic rings. The summed E-state index contributed by atoms with van der Waals surface area (Å²) in [5, 5.41) is 0. The number of carbonyl (C=O) groups excluding carboxylic acids is 3. The van der Waals surface area contributed by atoms with Crippen LogP contribution in [-0.2, 0) is 28.6 Å². The number of esters is 3. The summed E-state index contributed by atoms with van der Waals surface area (Å²) < 4.78 is 16.8. The molecule has 0 aromatic rings. The quantitative estimate of drug-likeness (QED) is 0.0344. The van der Waals surface area contributed by atoms with E-state index in [-0.39, 0.29) is 31.1 Å². The van der Waals surface area contributed by atoms with Crippen LogP contribution in [-0.4, -0.2) is 37.2 Å². The second kappa shape index (κ2) is 46.4. The van der Waals surface area contributed by atoms with Crippen LogP contribution < -0.4 is 0 Å². The molecule has 0 saturated carbocycles. The molecule has 0 bridgehead atoms. The lowest BCUT2D eigenvalue weighted by Gasteiger charge is -2.18. The van der Waals surface area contributed by atoms with E-state index in [9.17, 15) is 14.4 Å². The SMILES string of the molecule is CCC(C)CCCCCCCCC(=O)OC[C@@H](COC(=O)CCCCCCCCCCCCCCCCCC(C)C)OC(=O)CCCCCCCCCCCCCCC(C)C. The van der Waals surface area contributed by atoms with Gasteiger partial charge in [0.2, 0.25) is 0 Å². The molecular formula is C55H106O6. The maximum absolute atomic E-state index is 12.8. The molecule has 0 aliphatic carbocycles. The van der Waals surface area contributed by atoms with E-state index in [1.54, 1.807) is 0 Å². The Labute approximate surface area is 380 Å². The van der Waals surface area contributed by atoms with Gasteiger partial charge in [0.15, 0.2) is 6.10 Å². The fourth-order valence-corrected chi connectivity index (χ4v) is 8.26. The Morgan fingerprint density at radius 3 is 0.852 bits per heavy atom. The second-order valence-electron chi connectivity index (χ2n) is 20.1. The third kappa shape index (κ3) is 47.7. The summed E-state index contributed by atoms with van der Waals surface area (Å²) in [5.41, 5.74) is 0. The van der Waals surface area contributed by atoms with Crippen molar-refractivity contribution >= 4 is 17.9 Å². The fourth-order valence-electron chi connectivity index (χ4n) is 8.26. The maximum Gasteiger partial charge on any atom is 0.306 e. The van der Waals surface area contributed by atoms with Gasteiger partial charge < -0.3 is 14.2 Å². The van der Waals surface area contributed by atoms with E-state index in [0.717, 1.165) is 75.5 Å². The lowest BCUT2D eigenvalue weighted by molar-refractivity contribution is -0.167. The van der Waals surface area contributed by atoms with E-state index >= 15 is 0 Å². The normalized spacial score (nSPS) is 12.6. The number of carbonyl (C=O) groups is 3. The van der Waals surface area contributed by atoms with Gasteiger partial charge in [-0.1, -0.05) is 260 Å². The maximum atomic E-state index is 12.8. The van der Waals surface area contributed by atoms with Crippen molar-refractivity contribution in [2.24, 2.45) is 17.8 Å². The molecule has 0 aromatic carbocycles. The van der Waals surface area contributed by atoms with Gasteiger partial charge in [-0.3, -0.25) is 14.4 Å². The summed E-state index contributed by atoms with van der Waals surface area (Å²) in [6, 6.07) is 0. The van der Waals surface area contributed by atoms with Crippen molar-refractivity contribution in [1.82, 2.24) is 0 Å². The minimum absolute atomic E-state index is 0.0647. The van der Waals surface area contributed by atoms with E-state index in [1.165, 1.54) is 180 Å². The molecule has 0 saturated heterocycles. The Balaban J connectivity index is 4.27. The van der Waals surface area contributed by atoms with Gasteiger partial charge in [0.1, 0.15) is 13.2 Å². The zero-order valence-electron chi connectivity index (χ0n) is 42.0. The summed E-state index contributed by atoms with van der Waals surface area (Å²) in [4.78, 5) is 38.0. The first kappa shape index (κ1) is 59.4. The van der Waals surface area contributed by atoms with Crippen molar-refractivity contribution in [1.29, 1.82) is 0 Å². The molecule has 0 aliphatic heterocycles. The third-order valence-corrected chi connectivity index (χ3v) is 12.8. The molecule has 0 heterocycles. The number of unbranched alkanes of at least 4 members (excludes halogenated alkanes) is 30. The monoisotopic (exact) mass is 863 g/mol. The highest BCUT2D eigenvalue weighted by Gasteiger charge is 2.19. The molecule has 6 heteroatoms. The standard InChI is InChI=1S/C55H106O6/c1-7-51(6)43-37-31-27-28-33-39-45-54(57)60-48-52(61-55(58)46-40-34-26-22-18-14-13-16-20-24-30-36-42-50(4)5)47-59-53(56)44-38-32-25-21-17-12-10-8-9-11-15-19-23-29-35-41-49(2)3/h49-52H,7-48H2,1-6H3/t51?,52-/m1/s1. The van der Waals surface area contributed by atoms with Crippen molar-refractivity contribution < 1.29 is 28.6 Å². The van der Waals surface area contributed by atoms with Crippen molar-refractivity contribution in [2.45, 2.75) is 304 Å². The van der Waals surface area contributed by atoms with Gasteiger partial charge >= 0.3 is 17.9 Å². The van der Waals surface area contributed by atoms with E-state index in [4.69, 9.17) is 14.2 Å². The molecule has 0 rings (SSSR count). The van der Waals surface area contributed by atoms with E-state index in [1.807, 2.05) is 0 Å². The number of rotatable bonds is 48. The highest BCUT2D eigenvalue weighted by Crippen LogP contribution is 2.18. The molecule has 6 nitrogen and oxygen atoms in total. The molecule has 0 N–H and O–H groups in total. The van der Waals surface area contributed by atoms with Crippen molar-refractivity contribution in [2.75, 3.05) is 13.2 Å². The minimum atomic E-state index is -0.763. The van der Waals surface area contributed by atoms with Crippen molar-refractivity contribution in [3.63, 3.8) is 0 Å². The van der Waals surface area contributed by atoms with Crippen LogP contribution in [0.1, 0.15) is 298 Å². The van der Waals surface area contributed by atoms with Crippen LogP contribution >= 0.6 is 0 Å². The highest BCUT2D eigenvalue weighted by molar-refractivity contribution is 5.71. The molecule has 0 spiro atoms. The van der Waals surface area contributed by atoms with Crippen molar-refractivity contribution in [3.05, 3.63) is 0 Å². The first-order valence-electron chi connectivity index (χ1n) is 27.1. The summed E-state index contributed by atoms with van der Waals surface area (Å²) >= 11 is 0. The average Bonchev–Trinajstić information content (AvgIpc) is 3.23. The van der Waals surface area contributed by atoms with Gasteiger partial charge in [-0.15, -0.1) is 0 Å². The first-order valence-corrected chi connectivity index (χ1v) is 27.1. The van der Waals surface area contributed by atoms with E-state index in [0.29, 0.717) is 19.3 Å². The van der Waals surface area contributed by atoms with Crippen LogP contribution in [0, 0.1) is 17.8 Å². The van der Waals surface area contributed by atoms with Crippen LogP contribution in [0.15, 0.2) is 0 Å². The van der Waals surface area contributed by atoms with Gasteiger partial charge in [0, 0.05) is 19.3 Å². The largest absolute Gasteiger partial charge is 0.462 e. The van der Waals surface area contributed by atoms with E-state index in [2.05, 4.69) is 41.5 Å². The molecule has 61 heavy (non-hydrogen) atoms. The molecule has 1 unspecified atom stereocenters. The Hall–Kier alpha value is -1.59. The van der Waals surface area contributed by atoms with Crippen LogP contribution in [0.5, 0.6) is 0 Å². The minimum Gasteiger partial charge on any atom is -0.462 e. The van der Waals surface area contributed by atoms with Gasteiger partial charge in [-0.05, 0) is 37.0 Å². The van der Waals surface area contributed by atoms with Crippen LogP contribution in [0.2, 0.25) is 0 Å². The predicted octanol–water partition coefficient (Wildman–Crippen LogP) is 17.6. The van der Waals surface area contributed by atoms with Crippen LogP contribution in [0.25, 0.3) is 0 Å². The summed E-state index contributed by atoms with van der Waals surface area (Å²) in [6.45, 7) is 13.7. The average molecular weight is 863 g/mol. The zero-order valence-corrected chi connectivity index (χ0v) is 42.0. The summed E-state index contributed by atoms with van der Waals surface area (Å²) in [5.74, 6) is 1.64. The van der Waals surface area contributed by atoms with Crippen LogP contribution in [0.4, 0.5) is 0 Å². The topological polar surface area (TPSA) is 78.9 Å². The molecule has 0 aromatic heterocycles. The van der Waals surface area contributed by atoms with Crippen molar-refractivity contribution in [3.8, 4) is 0 Å². The second-order valence-corrected chi connectivity index (χ2v) is 20.1. The summed E-state index contributed by atoms with van der Waals surface area (Å²) in [7, 11) is 0. The highest BCUT2D eigenvalue weighted by atomic mass is 16.6. The van der Waals surface area contributed by atoms with E-state index < -0.39 is 6.10 Å². The Kier molecular flexibility index (Phi) is 45.2. The van der Waals surface area contributed by atoms with Gasteiger partial charge in [-0.2, -0.15) is 0 Å². The molecule has 362 valence electrons. The van der Waals surface area contributed by atoms with Gasteiger partial charge in [0.05, 0.1) is 0 Å². The zero-order chi connectivity index (χ0) is 44.9. The third-order valence-electron chi connectivity index (χ3n) is 12.8. The molecule has 2 atom stereocenters. The fraction of sp³-hybridized carbons (Fsp3) is 0.945. The Bertz CT molecular complexity index is 947. The first-order chi connectivity index (χ1) is 29.6. The lowest BCUT2D eigenvalue weighted by Crippen LogP contribution is -2.30. The predicted molar refractivity (Wildman–Crippen MR) is 261 cm³/mol. The molecule has 0 radical (unpaired) electrons. The molecule has 0 amide bonds. The Morgan fingerprint density at radius 1 is 0.328 bits per heavy atom. The molecule has 0 fully saturated rings. The molecular weight excluding hydrogens is 757 g/mol. The Morgan fingerprint density at radius 2 is 0.574 bits per heavy atom. The smallest absolute Gasteiger partial charge is 0.306 e. The van der Waals surface area contributed by atoms with Gasteiger partial charge in [0.25, 0.3) is 0 Å². The lowest BCUT2D eigenvalue weighted by atomic mass is 10.00.